The normalized spacial score (nSPS) is 10.1. The van der Waals surface area contributed by atoms with E-state index in [9.17, 15) is 4.79 Å². The van der Waals surface area contributed by atoms with Crippen LogP contribution < -0.4 is 5.43 Å². The predicted molar refractivity (Wildman–Crippen MR) is 56.3 cm³/mol. The molecule has 1 aromatic carbocycles. The molecule has 4 nitrogen and oxygen atoms in total. The first kappa shape index (κ1) is 10.2. The smallest absolute Gasteiger partial charge is 0.329 e. The van der Waals surface area contributed by atoms with Crippen molar-refractivity contribution in [1.82, 2.24) is 10.3 Å². The van der Waals surface area contributed by atoms with Crippen LogP contribution in [0.2, 0.25) is 0 Å². The van der Waals surface area contributed by atoms with E-state index in [-0.39, 0.29) is 6.03 Å². The maximum Gasteiger partial charge on any atom is 0.337 e. The first-order valence-corrected chi connectivity index (χ1v) is 4.25. The van der Waals surface area contributed by atoms with Crippen molar-refractivity contribution in [2.75, 3.05) is 14.1 Å². The molecule has 1 aromatic rings. The average Bonchev–Trinajstić information content (AvgIpc) is 2.19. The van der Waals surface area contributed by atoms with Gasteiger partial charge in [-0.2, -0.15) is 5.10 Å². The van der Waals surface area contributed by atoms with E-state index in [1.165, 1.54) is 4.90 Å². The summed E-state index contributed by atoms with van der Waals surface area (Å²) in [6.07, 6.45) is 1.60. The number of urea groups is 1. The highest BCUT2D eigenvalue weighted by Crippen LogP contribution is 1.93. The molecular formula is C10H13N3O. The molecule has 1 N–H and O–H groups in total. The Bertz CT molecular complexity index is 319. The number of nitrogens with one attached hydrogen (secondary N) is 1. The molecule has 0 aromatic heterocycles. The van der Waals surface area contributed by atoms with Gasteiger partial charge in [-0.3, -0.25) is 0 Å². The van der Waals surface area contributed by atoms with Gasteiger partial charge in [0.25, 0.3) is 0 Å². The highest BCUT2D eigenvalue weighted by atomic mass is 16.2. The van der Waals surface area contributed by atoms with E-state index in [1.807, 2.05) is 30.3 Å². The molecule has 0 bridgehead atoms. The third-order valence-electron chi connectivity index (χ3n) is 1.58. The van der Waals surface area contributed by atoms with E-state index in [0.717, 1.165) is 5.56 Å². The van der Waals surface area contributed by atoms with Crippen molar-refractivity contribution in [2.45, 2.75) is 0 Å². The summed E-state index contributed by atoms with van der Waals surface area (Å²) in [5.74, 6) is 0. The molecule has 0 heterocycles. The Morgan fingerprint density at radius 3 is 2.57 bits per heavy atom. The van der Waals surface area contributed by atoms with E-state index >= 15 is 0 Å². The molecule has 0 aliphatic heterocycles. The van der Waals surface area contributed by atoms with Gasteiger partial charge in [-0.25, -0.2) is 10.2 Å². The number of carbonyl (C=O) groups excluding carboxylic acids is 1. The van der Waals surface area contributed by atoms with Gasteiger partial charge in [-0.1, -0.05) is 30.3 Å². The largest absolute Gasteiger partial charge is 0.337 e. The van der Waals surface area contributed by atoms with Crippen LogP contribution in [-0.4, -0.2) is 31.2 Å². The predicted octanol–water partition coefficient (Wildman–Crippen LogP) is 1.29. The average molecular weight is 191 g/mol. The second kappa shape index (κ2) is 5.01. The van der Waals surface area contributed by atoms with E-state index in [0.29, 0.717) is 0 Å². The Hall–Kier alpha value is -1.84. The summed E-state index contributed by atoms with van der Waals surface area (Å²) in [7, 11) is 3.32. The summed E-state index contributed by atoms with van der Waals surface area (Å²) in [6.45, 7) is 0. The summed E-state index contributed by atoms with van der Waals surface area (Å²) in [5, 5.41) is 3.80. The monoisotopic (exact) mass is 191 g/mol. The molecule has 0 aliphatic rings. The summed E-state index contributed by atoms with van der Waals surface area (Å²) < 4.78 is 0. The molecule has 0 atom stereocenters. The fraction of sp³-hybridized carbons (Fsp3) is 0.200. The molecule has 1 rings (SSSR count). The molecule has 0 fully saturated rings. The third-order valence-corrected chi connectivity index (χ3v) is 1.58. The van der Waals surface area contributed by atoms with Crippen LogP contribution in [0, 0.1) is 0 Å². The molecule has 0 aliphatic carbocycles. The lowest BCUT2D eigenvalue weighted by Gasteiger charge is -2.07. The maximum absolute atomic E-state index is 11.0. The SMILES string of the molecule is CN(C)C(=O)N/N=C/c1ccccc1. The van der Waals surface area contributed by atoms with Gasteiger partial charge in [0.2, 0.25) is 0 Å². The number of carbonyl (C=O) groups is 1. The van der Waals surface area contributed by atoms with Crippen LogP contribution >= 0.6 is 0 Å². The summed E-state index contributed by atoms with van der Waals surface area (Å²) >= 11 is 0. The molecule has 74 valence electrons. The fourth-order valence-corrected chi connectivity index (χ4v) is 0.801. The molecule has 2 amide bonds. The van der Waals surface area contributed by atoms with Gasteiger partial charge in [-0.15, -0.1) is 0 Å². The first-order chi connectivity index (χ1) is 6.70. The lowest BCUT2D eigenvalue weighted by Crippen LogP contribution is -2.31. The lowest BCUT2D eigenvalue weighted by atomic mass is 10.2. The summed E-state index contributed by atoms with van der Waals surface area (Å²) in [5.41, 5.74) is 3.34. The standard InChI is InChI=1S/C10H13N3O/c1-13(2)10(14)12-11-8-9-6-4-3-5-7-9/h3-8H,1-2H3,(H,12,14)/b11-8+. The zero-order valence-electron chi connectivity index (χ0n) is 8.27. The third kappa shape index (κ3) is 3.26. The number of amides is 2. The number of benzene rings is 1. The van der Waals surface area contributed by atoms with Gasteiger partial charge in [0.1, 0.15) is 0 Å². The molecular weight excluding hydrogens is 178 g/mol. The van der Waals surface area contributed by atoms with Crippen LogP contribution in [0.5, 0.6) is 0 Å². The van der Waals surface area contributed by atoms with Gasteiger partial charge in [0, 0.05) is 14.1 Å². The minimum Gasteiger partial charge on any atom is -0.329 e. The van der Waals surface area contributed by atoms with E-state index in [4.69, 9.17) is 0 Å². The molecule has 0 spiro atoms. The van der Waals surface area contributed by atoms with Crippen LogP contribution in [-0.2, 0) is 0 Å². The van der Waals surface area contributed by atoms with Gasteiger partial charge in [0.15, 0.2) is 0 Å². The van der Waals surface area contributed by atoms with Crippen molar-refractivity contribution < 1.29 is 4.79 Å². The number of hydrazone groups is 1. The minimum atomic E-state index is -0.239. The second-order valence-corrected chi connectivity index (χ2v) is 2.98. The second-order valence-electron chi connectivity index (χ2n) is 2.98. The number of hydrogen-bond donors (Lipinski definition) is 1. The first-order valence-electron chi connectivity index (χ1n) is 4.25. The van der Waals surface area contributed by atoms with Crippen LogP contribution in [0.3, 0.4) is 0 Å². The van der Waals surface area contributed by atoms with Crippen molar-refractivity contribution >= 4 is 12.2 Å². The fourth-order valence-electron chi connectivity index (χ4n) is 0.801. The summed E-state index contributed by atoms with van der Waals surface area (Å²) in [6, 6.07) is 9.33. The van der Waals surface area contributed by atoms with Crippen LogP contribution in [0.25, 0.3) is 0 Å². The molecule has 0 radical (unpaired) electrons. The Morgan fingerprint density at radius 2 is 2.00 bits per heavy atom. The van der Waals surface area contributed by atoms with E-state index < -0.39 is 0 Å². The molecule has 14 heavy (non-hydrogen) atoms. The Balaban J connectivity index is 2.46. The minimum absolute atomic E-state index is 0.239. The van der Waals surface area contributed by atoms with Crippen molar-refractivity contribution in [3.05, 3.63) is 35.9 Å². The van der Waals surface area contributed by atoms with Gasteiger partial charge >= 0.3 is 6.03 Å². The van der Waals surface area contributed by atoms with E-state index in [1.54, 1.807) is 20.3 Å². The highest BCUT2D eigenvalue weighted by Gasteiger charge is 1.98. The number of nitrogens with zero attached hydrogens (tertiary/aromatic N) is 2. The van der Waals surface area contributed by atoms with Crippen molar-refractivity contribution in [2.24, 2.45) is 5.10 Å². The molecule has 4 heteroatoms. The van der Waals surface area contributed by atoms with Gasteiger partial charge in [-0.05, 0) is 5.56 Å². The van der Waals surface area contributed by atoms with Crippen LogP contribution in [0.15, 0.2) is 35.4 Å². The number of hydrogen-bond acceptors (Lipinski definition) is 2. The van der Waals surface area contributed by atoms with Crippen LogP contribution in [0.4, 0.5) is 4.79 Å². The van der Waals surface area contributed by atoms with Crippen molar-refractivity contribution in [3.8, 4) is 0 Å². The topological polar surface area (TPSA) is 44.7 Å². The molecule has 0 unspecified atom stereocenters. The quantitative estimate of drug-likeness (QED) is 0.555. The Labute approximate surface area is 83.2 Å². The molecule has 0 saturated carbocycles. The van der Waals surface area contributed by atoms with Crippen molar-refractivity contribution in [3.63, 3.8) is 0 Å². The highest BCUT2D eigenvalue weighted by molar-refractivity contribution is 5.81. The van der Waals surface area contributed by atoms with Gasteiger partial charge in [0.05, 0.1) is 6.21 Å². The lowest BCUT2D eigenvalue weighted by molar-refractivity contribution is 0.218. The molecule has 0 saturated heterocycles. The van der Waals surface area contributed by atoms with Crippen LogP contribution in [0.1, 0.15) is 5.56 Å². The van der Waals surface area contributed by atoms with Gasteiger partial charge < -0.3 is 4.90 Å². The zero-order chi connectivity index (χ0) is 10.4. The zero-order valence-corrected chi connectivity index (χ0v) is 8.27. The maximum atomic E-state index is 11.0. The number of rotatable bonds is 2. The van der Waals surface area contributed by atoms with Crippen molar-refractivity contribution in [1.29, 1.82) is 0 Å². The Morgan fingerprint density at radius 1 is 1.36 bits per heavy atom. The Kier molecular flexibility index (Phi) is 3.67. The summed E-state index contributed by atoms with van der Waals surface area (Å²) in [4.78, 5) is 12.5. The van der Waals surface area contributed by atoms with E-state index in [2.05, 4.69) is 10.5 Å².